The quantitative estimate of drug-likeness (QED) is 0.800. The SMILES string of the molecule is CC(CCNC(=O)c1cccc(C(=O)O)n1)S(C)=O. The van der Waals surface area contributed by atoms with E-state index in [9.17, 15) is 13.8 Å². The third kappa shape index (κ3) is 4.78. The highest BCUT2D eigenvalue weighted by Gasteiger charge is 2.12. The molecule has 0 aliphatic carbocycles. The van der Waals surface area contributed by atoms with Gasteiger partial charge in [0.15, 0.2) is 0 Å². The van der Waals surface area contributed by atoms with Gasteiger partial charge in [0.05, 0.1) is 0 Å². The lowest BCUT2D eigenvalue weighted by Crippen LogP contribution is -2.28. The zero-order valence-electron chi connectivity index (χ0n) is 10.8. The number of carbonyl (C=O) groups is 2. The van der Waals surface area contributed by atoms with Crippen molar-refractivity contribution in [3.63, 3.8) is 0 Å². The molecule has 1 rings (SSSR count). The molecule has 2 atom stereocenters. The molecule has 6 nitrogen and oxygen atoms in total. The van der Waals surface area contributed by atoms with Gasteiger partial charge in [-0.1, -0.05) is 13.0 Å². The number of rotatable bonds is 6. The van der Waals surface area contributed by atoms with Crippen LogP contribution >= 0.6 is 0 Å². The van der Waals surface area contributed by atoms with E-state index < -0.39 is 22.7 Å². The second-order valence-electron chi connectivity index (χ2n) is 4.07. The number of hydrogen-bond donors (Lipinski definition) is 2. The van der Waals surface area contributed by atoms with Crippen LogP contribution in [0.5, 0.6) is 0 Å². The lowest BCUT2D eigenvalue weighted by Gasteiger charge is -2.09. The van der Waals surface area contributed by atoms with Crippen molar-refractivity contribution in [3.05, 3.63) is 29.6 Å². The minimum atomic E-state index is -1.18. The number of carboxylic acids is 1. The molecule has 1 aromatic heterocycles. The molecule has 0 fully saturated rings. The van der Waals surface area contributed by atoms with E-state index in [0.29, 0.717) is 13.0 Å². The highest BCUT2D eigenvalue weighted by molar-refractivity contribution is 7.84. The van der Waals surface area contributed by atoms with E-state index in [1.165, 1.54) is 18.2 Å². The van der Waals surface area contributed by atoms with E-state index in [-0.39, 0.29) is 16.6 Å². The maximum Gasteiger partial charge on any atom is 0.354 e. The number of pyridine rings is 1. The zero-order chi connectivity index (χ0) is 14.4. The van der Waals surface area contributed by atoms with Gasteiger partial charge in [0.2, 0.25) is 0 Å². The highest BCUT2D eigenvalue weighted by atomic mass is 32.2. The fraction of sp³-hybridized carbons (Fsp3) is 0.417. The van der Waals surface area contributed by atoms with Gasteiger partial charge in [0.25, 0.3) is 5.91 Å². The molecule has 1 heterocycles. The molecule has 1 aromatic rings. The van der Waals surface area contributed by atoms with Gasteiger partial charge >= 0.3 is 5.97 Å². The molecule has 2 unspecified atom stereocenters. The van der Waals surface area contributed by atoms with Crippen LogP contribution in [0.25, 0.3) is 0 Å². The number of amides is 1. The van der Waals surface area contributed by atoms with Gasteiger partial charge in [-0.25, -0.2) is 9.78 Å². The van der Waals surface area contributed by atoms with Gasteiger partial charge in [-0.05, 0) is 18.6 Å². The summed E-state index contributed by atoms with van der Waals surface area (Å²) >= 11 is 0. The van der Waals surface area contributed by atoms with Crippen molar-refractivity contribution in [1.29, 1.82) is 0 Å². The maximum absolute atomic E-state index is 11.7. The first-order chi connectivity index (χ1) is 8.91. The molecular weight excluding hydrogens is 268 g/mol. The lowest BCUT2D eigenvalue weighted by molar-refractivity contribution is 0.0690. The van der Waals surface area contributed by atoms with Crippen molar-refractivity contribution in [1.82, 2.24) is 10.3 Å². The Bertz CT molecular complexity index is 504. The molecule has 0 saturated carbocycles. The number of aromatic nitrogens is 1. The third-order valence-electron chi connectivity index (χ3n) is 2.60. The molecule has 0 bridgehead atoms. The number of carbonyl (C=O) groups excluding carboxylic acids is 1. The van der Waals surface area contributed by atoms with Crippen LogP contribution in [0.2, 0.25) is 0 Å². The summed E-state index contributed by atoms with van der Waals surface area (Å²) in [5.41, 5.74) is -0.110. The largest absolute Gasteiger partial charge is 0.477 e. The second kappa shape index (κ2) is 6.98. The van der Waals surface area contributed by atoms with Crippen LogP contribution in [0.3, 0.4) is 0 Å². The minimum absolute atomic E-state index is 0.00128. The van der Waals surface area contributed by atoms with Crippen LogP contribution in [0.4, 0.5) is 0 Å². The first-order valence-electron chi connectivity index (χ1n) is 5.72. The van der Waals surface area contributed by atoms with Crippen LogP contribution in [0, 0.1) is 0 Å². The summed E-state index contributed by atoms with van der Waals surface area (Å²) in [5, 5.41) is 11.4. The van der Waals surface area contributed by atoms with E-state index in [2.05, 4.69) is 10.3 Å². The summed E-state index contributed by atoms with van der Waals surface area (Å²) in [6.07, 6.45) is 2.21. The van der Waals surface area contributed by atoms with Crippen LogP contribution in [0.15, 0.2) is 18.2 Å². The number of carboxylic acid groups (broad SMARTS) is 1. The molecule has 19 heavy (non-hydrogen) atoms. The van der Waals surface area contributed by atoms with Crippen molar-refractivity contribution < 1.29 is 18.9 Å². The van der Waals surface area contributed by atoms with E-state index >= 15 is 0 Å². The first-order valence-corrected chi connectivity index (χ1v) is 7.34. The van der Waals surface area contributed by atoms with E-state index in [0.717, 1.165) is 0 Å². The van der Waals surface area contributed by atoms with Crippen LogP contribution < -0.4 is 5.32 Å². The molecule has 2 N–H and O–H groups in total. The summed E-state index contributed by atoms with van der Waals surface area (Å²) in [7, 11) is -0.924. The Morgan fingerprint density at radius 2 is 2.05 bits per heavy atom. The number of nitrogens with zero attached hydrogens (tertiary/aromatic N) is 1. The molecule has 1 amide bonds. The first kappa shape index (κ1) is 15.3. The molecule has 0 aliphatic rings. The summed E-state index contributed by atoms with van der Waals surface area (Å²) in [6.45, 7) is 2.21. The molecule has 0 radical (unpaired) electrons. The van der Waals surface area contributed by atoms with Crippen molar-refractivity contribution in [2.24, 2.45) is 0 Å². The van der Waals surface area contributed by atoms with Crippen LogP contribution in [-0.2, 0) is 10.8 Å². The monoisotopic (exact) mass is 284 g/mol. The minimum Gasteiger partial charge on any atom is -0.477 e. The van der Waals surface area contributed by atoms with Crippen molar-refractivity contribution in [3.8, 4) is 0 Å². The Balaban J connectivity index is 2.56. The topological polar surface area (TPSA) is 96.4 Å². The number of nitrogens with one attached hydrogen (secondary N) is 1. The van der Waals surface area contributed by atoms with Gasteiger partial charge < -0.3 is 10.4 Å². The zero-order valence-corrected chi connectivity index (χ0v) is 11.6. The Morgan fingerprint density at radius 3 is 2.63 bits per heavy atom. The van der Waals surface area contributed by atoms with E-state index in [1.54, 1.807) is 6.26 Å². The normalized spacial score (nSPS) is 13.6. The predicted octanol–water partition coefficient (Wildman–Crippen LogP) is 0.667. The maximum atomic E-state index is 11.7. The van der Waals surface area contributed by atoms with Crippen molar-refractivity contribution in [2.45, 2.75) is 18.6 Å². The Morgan fingerprint density at radius 1 is 1.42 bits per heavy atom. The van der Waals surface area contributed by atoms with E-state index in [1.807, 2.05) is 6.92 Å². The van der Waals surface area contributed by atoms with E-state index in [4.69, 9.17) is 5.11 Å². The van der Waals surface area contributed by atoms with Gasteiger partial charge in [-0.3, -0.25) is 9.00 Å². The summed E-state index contributed by atoms with van der Waals surface area (Å²) in [6, 6.07) is 4.24. The fourth-order valence-electron chi connectivity index (χ4n) is 1.33. The number of hydrogen-bond acceptors (Lipinski definition) is 4. The summed E-state index contributed by atoms with van der Waals surface area (Å²) in [5.74, 6) is -1.61. The van der Waals surface area contributed by atoms with Gasteiger partial charge in [0.1, 0.15) is 11.4 Å². The van der Waals surface area contributed by atoms with Crippen molar-refractivity contribution >= 4 is 22.7 Å². The molecular formula is C12H16N2O4S. The standard InChI is InChI=1S/C12H16N2O4S/c1-8(19(2)18)6-7-13-11(15)9-4-3-5-10(14-9)12(16)17/h3-5,8H,6-7H2,1-2H3,(H,13,15)(H,16,17). The van der Waals surface area contributed by atoms with Gasteiger partial charge in [-0.15, -0.1) is 0 Å². The van der Waals surface area contributed by atoms with Crippen molar-refractivity contribution in [2.75, 3.05) is 12.8 Å². The molecule has 0 saturated heterocycles. The average Bonchev–Trinajstić information content (AvgIpc) is 2.38. The van der Waals surface area contributed by atoms with Crippen LogP contribution in [-0.4, -0.2) is 44.2 Å². The molecule has 0 spiro atoms. The molecule has 7 heteroatoms. The smallest absolute Gasteiger partial charge is 0.354 e. The molecule has 0 aromatic carbocycles. The average molecular weight is 284 g/mol. The molecule has 0 aliphatic heterocycles. The predicted molar refractivity (Wildman–Crippen MR) is 71.7 cm³/mol. The van der Waals surface area contributed by atoms with Gasteiger partial charge in [-0.2, -0.15) is 0 Å². The Hall–Kier alpha value is -1.76. The highest BCUT2D eigenvalue weighted by Crippen LogP contribution is 2.01. The molecule has 104 valence electrons. The second-order valence-corrected chi connectivity index (χ2v) is 5.87. The summed E-state index contributed by atoms with van der Waals surface area (Å²) < 4.78 is 11.1. The van der Waals surface area contributed by atoms with Gasteiger partial charge in [0, 0.05) is 28.9 Å². The Kier molecular flexibility index (Phi) is 5.62. The Labute approximate surface area is 113 Å². The lowest BCUT2D eigenvalue weighted by atomic mass is 10.2. The third-order valence-corrected chi connectivity index (χ3v) is 3.97. The summed E-state index contributed by atoms with van der Waals surface area (Å²) in [4.78, 5) is 26.2. The number of aromatic carboxylic acids is 1. The van der Waals surface area contributed by atoms with Crippen LogP contribution in [0.1, 0.15) is 34.3 Å². The fourth-order valence-corrected chi connectivity index (χ4v) is 1.78.